The van der Waals surface area contributed by atoms with Crippen molar-refractivity contribution in [2.75, 3.05) is 41.9 Å². The van der Waals surface area contributed by atoms with Gasteiger partial charge in [0.15, 0.2) is 0 Å². The Kier molecular flexibility index (Phi) is 6.48. The summed E-state index contributed by atoms with van der Waals surface area (Å²) < 4.78 is 27.6. The number of hydrogen-bond acceptors (Lipinski definition) is 6. The maximum absolute atomic E-state index is 13.1. The lowest BCUT2D eigenvalue weighted by Gasteiger charge is -2.35. The number of thiophene rings is 1. The summed E-state index contributed by atoms with van der Waals surface area (Å²) in [5, 5.41) is 0. The number of para-hydroxylation sites is 1. The van der Waals surface area contributed by atoms with Gasteiger partial charge in [-0.05, 0) is 50.2 Å². The topological polar surface area (TPSA) is 73.8 Å². The first-order chi connectivity index (χ1) is 15.4. The molecule has 0 unspecified atom stereocenters. The normalized spacial score (nSPS) is 14.4. The molecular weight excluding hydrogens is 444 g/mol. The van der Waals surface area contributed by atoms with Crippen molar-refractivity contribution in [3.05, 3.63) is 70.5 Å². The quantitative estimate of drug-likeness (QED) is 0.550. The van der Waals surface area contributed by atoms with Gasteiger partial charge in [0, 0.05) is 43.8 Å². The minimum atomic E-state index is -3.70. The van der Waals surface area contributed by atoms with E-state index in [-0.39, 0.29) is 10.8 Å². The zero-order chi connectivity index (χ0) is 22.7. The highest BCUT2D eigenvalue weighted by atomic mass is 32.2. The molecule has 1 saturated heterocycles. The van der Waals surface area contributed by atoms with Gasteiger partial charge in [0.2, 0.25) is 0 Å². The van der Waals surface area contributed by atoms with E-state index in [1.165, 1.54) is 21.8 Å². The van der Waals surface area contributed by atoms with E-state index in [4.69, 9.17) is 0 Å². The molecule has 0 N–H and O–H groups in total. The highest BCUT2D eigenvalue weighted by molar-refractivity contribution is 7.92. The number of pyridine rings is 1. The molecule has 0 saturated carbocycles. The van der Waals surface area contributed by atoms with E-state index in [0.717, 1.165) is 9.75 Å². The van der Waals surface area contributed by atoms with E-state index in [0.29, 0.717) is 44.2 Å². The van der Waals surface area contributed by atoms with Crippen molar-refractivity contribution in [1.82, 2.24) is 9.88 Å². The van der Waals surface area contributed by atoms with Crippen molar-refractivity contribution < 1.29 is 13.2 Å². The van der Waals surface area contributed by atoms with E-state index < -0.39 is 10.0 Å². The number of nitrogens with zero attached hydrogens (tertiary/aromatic N) is 4. The number of sulfonamides is 1. The van der Waals surface area contributed by atoms with Gasteiger partial charge in [-0.1, -0.05) is 18.2 Å². The van der Waals surface area contributed by atoms with Gasteiger partial charge < -0.3 is 9.80 Å². The maximum Gasteiger partial charge on any atom is 0.265 e. The van der Waals surface area contributed by atoms with E-state index in [1.807, 2.05) is 49.1 Å². The number of amides is 1. The smallest absolute Gasteiger partial charge is 0.265 e. The molecule has 0 aliphatic carbocycles. The number of carbonyl (C=O) groups is 1. The molecule has 168 valence electrons. The molecule has 0 spiro atoms. The zero-order valence-electron chi connectivity index (χ0n) is 18.1. The molecule has 1 aromatic carbocycles. The monoisotopic (exact) mass is 470 g/mol. The zero-order valence-corrected chi connectivity index (χ0v) is 19.8. The minimum Gasteiger partial charge on any atom is -0.353 e. The Morgan fingerprint density at radius 1 is 1.03 bits per heavy atom. The van der Waals surface area contributed by atoms with Crippen molar-refractivity contribution in [1.29, 1.82) is 0 Å². The predicted molar refractivity (Wildman–Crippen MR) is 128 cm³/mol. The molecule has 0 bridgehead atoms. The molecule has 0 atom stereocenters. The fourth-order valence-electron chi connectivity index (χ4n) is 3.77. The van der Waals surface area contributed by atoms with Crippen molar-refractivity contribution >= 4 is 38.8 Å². The summed E-state index contributed by atoms with van der Waals surface area (Å²) in [5.41, 5.74) is 0.626. The number of hydrogen-bond donors (Lipinski definition) is 0. The van der Waals surface area contributed by atoms with E-state index >= 15 is 0 Å². The predicted octanol–water partition coefficient (Wildman–Crippen LogP) is 3.63. The van der Waals surface area contributed by atoms with E-state index in [2.05, 4.69) is 9.88 Å². The minimum absolute atomic E-state index is 0.0673. The van der Waals surface area contributed by atoms with Crippen LogP contribution in [0.3, 0.4) is 0 Å². The maximum atomic E-state index is 13.1. The molecule has 1 amide bonds. The standard InChI is InChI=1S/C23H26N4O3S2/c1-3-27(19-7-5-4-6-8-19)32(29,30)20-10-12-22(24-17-20)25-13-15-26(16-14-25)23(28)21-11-9-18(2)31-21/h4-12,17H,3,13-16H2,1-2H3. The summed E-state index contributed by atoms with van der Waals surface area (Å²) in [5.74, 6) is 0.781. The van der Waals surface area contributed by atoms with Gasteiger partial charge >= 0.3 is 0 Å². The average molecular weight is 471 g/mol. The lowest BCUT2D eigenvalue weighted by atomic mass is 10.3. The Labute approximate surface area is 193 Å². The molecule has 3 heterocycles. The Balaban J connectivity index is 1.43. The van der Waals surface area contributed by atoms with Gasteiger partial charge in [0.1, 0.15) is 10.7 Å². The van der Waals surface area contributed by atoms with Crippen LogP contribution < -0.4 is 9.21 Å². The Morgan fingerprint density at radius 2 is 1.75 bits per heavy atom. The first-order valence-electron chi connectivity index (χ1n) is 10.5. The highest BCUT2D eigenvalue weighted by Gasteiger charge is 2.26. The second kappa shape index (κ2) is 9.30. The summed E-state index contributed by atoms with van der Waals surface area (Å²) in [6, 6.07) is 16.2. The molecule has 4 rings (SSSR count). The molecular formula is C23H26N4O3S2. The van der Waals surface area contributed by atoms with Crippen LogP contribution in [-0.2, 0) is 10.0 Å². The van der Waals surface area contributed by atoms with Gasteiger partial charge in [0.05, 0.1) is 10.6 Å². The third kappa shape index (κ3) is 4.49. The number of benzene rings is 1. The lowest BCUT2D eigenvalue weighted by molar-refractivity contribution is 0.0751. The Hall–Kier alpha value is -2.91. The van der Waals surface area contributed by atoms with E-state index in [9.17, 15) is 13.2 Å². The summed E-state index contributed by atoms with van der Waals surface area (Å²) in [6.45, 7) is 6.65. The number of rotatable bonds is 6. The Bertz CT molecular complexity index is 1170. The first kappa shape index (κ1) is 22.3. The molecule has 9 heteroatoms. The molecule has 2 aromatic heterocycles. The van der Waals surface area contributed by atoms with Gasteiger partial charge in [-0.3, -0.25) is 9.10 Å². The van der Waals surface area contributed by atoms with Crippen LogP contribution in [0.1, 0.15) is 21.5 Å². The van der Waals surface area contributed by atoms with Gasteiger partial charge in [-0.2, -0.15) is 0 Å². The van der Waals surface area contributed by atoms with Crippen LogP contribution in [0, 0.1) is 6.92 Å². The number of aromatic nitrogens is 1. The van der Waals surface area contributed by atoms with Crippen LogP contribution >= 0.6 is 11.3 Å². The van der Waals surface area contributed by atoms with Crippen LogP contribution in [0.5, 0.6) is 0 Å². The summed E-state index contributed by atoms with van der Waals surface area (Å²) in [6.07, 6.45) is 1.42. The number of carbonyl (C=O) groups excluding carboxylic acids is 1. The Morgan fingerprint density at radius 3 is 2.31 bits per heavy atom. The summed E-state index contributed by atoms with van der Waals surface area (Å²) in [4.78, 5) is 23.1. The van der Waals surface area contributed by atoms with Crippen LogP contribution in [-0.4, -0.2) is 56.9 Å². The molecule has 3 aromatic rings. The van der Waals surface area contributed by atoms with Gasteiger partial charge in [0.25, 0.3) is 15.9 Å². The molecule has 1 aliphatic heterocycles. The lowest BCUT2D eigenvalue weighted by Crippen LogP contribution is -2.48. The number of anilines is 2. The van der Waals surface area contributed by atoms with Crippen LogP contribution in [0.4, 0.5) is 11.5 Å². The van der Waals surface area contributed by atoms with Gasteiger partial charge in [-0.15, -0.1) is 11.3 Å². The van der Waals surface area contributed by atoms with Crippen LogP contribution in [0.25, 0.3) is 0 Å². The van der Waals surface area contributed by atoms with Crippen molar-refractivity contribution in [3.63, 3.8) is 0 Å². The molecule has 32 heavy (non-hydrogen) atoms. The first-order valence-corrected chi connectivity index (χ1v) is 12.8. The SMILES string of the molecule is CCN(c1ccccc1)S(=O)(=O)c1ccc(N2CCN(C(=O)c3ccc(C)s3)CC2)nc1. The summed E-state index contributed by atoms with van der Waals surface area (Å²) in [7, 11) is -3.70. The molecule has 7 nitrogen and oxygen atoms in total. The molecule has 1 fully saturated rings. The fourth-order valence-corrected chi connectivity index (χ4v) is 6.02. The highest BCUT2D eigenvalue weighted by Crippen LogP contribution is 2.25. The largest absolute Gasteiger partial charge is 0.353 e. The second-order valence-electron chi connectivity index (χ2n) is 7.55. The third-order valence-electron chi connectivity index (χ3n) is 5.48. The number of aryl methyl sites for hydroxylation is 1. The summed E-state index contributed by atoms with van der Waals surface area (Å²) >= 11 is 1.51. The fraction of sp³-hybridized carbons (Fsp3) is 0.304. The van der Waals surface area contributed by atoms with Crippen LogP contribution in [0.2, 0.25) is 0 Å². The van der Waals surface area contributed by atoms with E-state index in [1.54, 1.807) is 24.3 Å². The van der Waals surface area contributed by atoms with Crippen molar-refractivity contribution in [2.45, 2.75) is 18.7 Å². The third-order valence-corrected chi connectivity index (χ3v) is 8.36. The number of piperazine rings is 1. The average Bonchev–Trinajstić information content (AvgIpc) is 3.26. The second-order valence-corrected chi connectivity index (χ2v) is 10.7. The van der Waals surface area contributed by atoms with Crippen LogP contribution in [0.15, 0.2) is 65.7 Å². The van der Waals surface area contributed by atoms with Crippen molar-refractivity contribution in [2.24, 2.45) is 0 Å². The van der Waals surface area contributed by atoms with Gasteiger partial charge in [-0.25, -0.2) is 13.4 Å². The molecule has 0 radical (unpaired) electrons. The molecule has 1 aliphatic rings. The van der Waals surface area contributed by atoms with Crippen molar-refractivity contribution in [3.8, 4) is 0 Å².